The van der Waals surface area contributed by atoms with E-state index in [1.54, 1.807) is 0 Å². The fraction of sp³-hybridized carbons (Fsp3) is 1.00. The fourth-order valence-corrected chi connectivity index (χ4v) is 3.32. The molecule has 2 aliphatic carbocycles. The summed E-state index contributed by atoms with van der Waals surface area (Å²) < 4.78 is 0. The van der Waals surface area contributed by atoms with Crippen LogP contribution in [-0.4, -0.2) is 23.8 Å². The number of rotatable bonds is 5. The summed E-state index contributed by atoms with van der Waals surface area (Å²) in [6, 6.07) is 0.687. The van der Waals surface area contributed by atoms with Gasteiger partial charge in [-0.2, -0.15) is 0 Å². The zero-order valence-electron chi connectivity index (χ0n) is 10.5. The quantitative estimate of drug-likeness (QED) is 0.754. The third-order valence-corrected chi connectivity index (χ3v) is 4.33. The maximum Gasteiger partial charge on any atom is 0.0667 e. The van der Waals surface area contributed by atoms with Gasteiger partial charge in [0.1, 0.15) is 0 Å². The number of nitrogens with one attached hydrogen (secondary N) is 1. The van der Waals surface area contributed by atoms with Crippen LogP contribution in [0.4, 0.5) is 0 Å². The van der Waals surface area contributed by atoms with Crippen molar-refractivity contribution in [2.75, 3.05) is 6.54 Å². The second-order valence-electron chi connectivity index (χ2n) is 5.78. The van der Waals surface area contributed by atoms with Crippen LogP contribution in [0.25, 0.3) is 0 Å². The van der Waals surface area contributed by atoms with Gasteiger partial charge >= 0.3 is 0 Å². The van der Waals surface area contributed by atoms with Crippen molar-refractivity contribution in [2.45, 2.75) is 76.4 Å². The van der Waals surface area contributed by atoms with Gasteiger partial charge in [0.2, 0.25) is 0 Å². The van der Waals surface area contributed by atoms with E-state index in [1.165, 1.54) is 57.8 Å². The first-order valence-corrected chi connectivity index (χ1v) is 7.26. The van der Waals surface area contributed by atoms with Crippen LogP contribution >= 0.6 is 0 Å². The highest BCUT2D eigenvalue weighted by atomic mass is 16.3. The lowest BCUT2D eigenvalue weighted by atomic mass is 9.95. The highest BCUT2D eigenvalue weighted by Crippen LogP contribution is 2.28. The Morgan fingerprint density at radius 3 is 2.25 bits per heavy atom. The van der Waals surface area contributed by atoms with E-state index in [1.807, 2.05) is 0 Å². The summed E-state index contributed by atoms with van der Waals surface area (Å²) in [6.45, 7) is 0.821. The highest BCUT2D eigenvalue weighted by Gasteiger charge is 2.20. The Labute approximate surface area is 99.8 Å². The van der Waals surface area contributed by atoms with Crippen molar-refractivity contribution < 1.29 is 5.11 Å². The molecule has 0 aromatic rings. The second-order valence-corrected chi connectivity index (χ2v) is 5.78. The summed E-state index contributed by atoms with van der Waals surface area (Å²) in [5.74, 6) is 0.808. The second kappa shape index (κ2) is 6.61. The Balaban J connectivity index is 1.57. The van der Waals surface area contributed by atoms with E-state index in [-0.39, 0.29) is 6.10 Å². The molecule has 0 spiro atoms. The van der Waals surface area contributed by atoms with Gasteiger partial charge in [-0.15, -0.1) is 0 Å². The molecule has 2 rings (SSSR count). The molecule has 0 saturated heterocycles. The van der Waals surface area contributed by atoms with Crippen LogP contribution in [0.5, 0.6) is 0 Å². The van der Waals surface area contributed by atoms with Crippen molar-refractivity contribution in [1.82, 2.24) is 5.32 Å². The van der Waals surface area contributed by atoms with E-state index >= 15 is 0 Å². The molecule has 0 radical (unpaired) electrons. The van der Waals surface area contributed by atoms with Gasteiger partial charge in [0.05, 0.1) is 6.10 Å². The minimum atomic E-state index is -0.106. The van der Waals surface area contributed by atoms with Gasteiger partial charge in [-0.25, -0.2) is 0 Å². The topological polar surface area (TPSA) is 32.3 Å². The molecule has 1 atom stereocenters. The van der Waals surface area contributed by atoms with Gasteiger partial charge in [0, 0.05) is 12.6 Å². The third kappa shape index (κ3) is 4.06. The predicted octanol–water partition coefficient (Wildman–Crippen LogP) is 2.85. The van der Waals surface area contributed by atoms with E-state index in [9.17, 15) is 5.11 Å². The first-order valence-electron chi connectivity index (χ1n) is 7.26. The van der Waals surface area contributed by atoms with Gasteiger partial charge < -0.3 is 10.4 Å². The maximum absolute atomic E-state index is 9.98. The lowest BCUT2D eigenvalue weighted by Crippen LogP contribution is -2.37. The van der Waals surface area contributed by atoms with Gasteiger partial charge in [0.25, 0.3) is 0 Å². The van der Waals surface area contributed by atoms with Crippen LogP contribution < -0.4 is 5.32 Å². The molecule has 16 heavy (non-hydrogen) atoms. The van der Waals surface area contributed by atoms with Gasteiger partial charge in [-0.1, -0.05) is 44.9 Å². The Kier molecular flexibility index (Phi) is 5.11. The standard InChI is InChI=1S/C14H27NO/c16-14(10-12-6-4-5-7-12)11-15-13-8-2-1-3-9-13/h12-16H,1-11H2. The van der Waals surface area contributed by atoms with Crippen molar-refractivity contribution in [1.29, 1.82) is 0 Å². The Hall–Kier alpha value is -0.0800. The third-order valence-electron chi connectivity index (χ3n) is 4.33. The molecule has 2 N–H and O–H groups in total. The number of aliphatic hydroxyl groups is 1. The molecule has 0 aromatic carbocycles. The molecule has 1 unspecified atom stereocenters. The lowest BCUT2D eigenvalue weighted by Gasteiger charge is -2.25. The zero-order valence-corrected chi connectivity index (χ0v) is 10.5. The fourth-order valence-electron chi connectivity index (χ4n) is 3.32. The lowest BCUT2D eigenvalue weighted by molar-refractivity contribution is 0.134. The highest BCUT2D eigenvalue weighted by molar-refractivity contribution is 4.76. The van der Waals surface area contributed by atoms with Gasteiger partial charge in [-0.3, -0.25) is 0 Å². The molecule has 0 aromatic heterocycles. The molecule has 2 nitrogen and oxygen atoms in total. The molecule has 94 valence electrons. The molecule has 0 aliphatic heterocycles. The summed E-state index contributed by atoms with van der Waals surface area (Å²) in [4.78, 5) is 0. The smallest absolute Gasteiger partial charge is 0.0667 e. The molecule has 0 amide bonds. The van der Waals surface area contributed by atoms with Gasteiger partial charge in [0.15, 0.2) is 0 Å². The normalized spacial score (nSPS) is 26.1. The Morgan fingerprint density at radius 2 is 1.56 bits per heavy atom. The molecule has 2 saturated carbocycles. The minimum absolute atomic E-state index is 0.106. The summed E-state index contributed by atoms with van der Waals surface area (Å²) in [5, 5.41) is 13.5. The number of hydrogen-bond acceptors (Lipinski definition) is 2. The predicted molar refractivity (Wildman–Crippen MR) is 67.5 cm³/mol. The van der Waals surface area contributed by atoms with E-state index in [2.05, 4.69) is 5.32 Å². The van der Waals surface area contributed by atoms with Crippen molar-refractivity contribution in [3.63, 3.8) is 0 Å². The molecule has 2 aliphatic rings. The van der Waals surface area contributed by atoms with Crippen LogP contribution in [0.3, 0.4) is 0 Å². The largest absolute Gasteiger partial charge is 0.392 e. The number of aliphatic hydroxyl groups excluding tert-OH is 1. The van der Waals surface area contributed by atoms with E-state index in [0.717, 1.165) is 18.9 Å². The van der Waals surface area contributed by atoms with Crippen LogP contribution in [0.1, 0.15) is 64.2 Å². The summed E-state index contributed by atoms with van der Waals surface area (Å²) in [6.07, 6.45) is 13.2. The minimum Gasteiger partial charge on any atom is -0.392 e. The monoisotopic (exact) mass is 225 g/mol. The van der Waals surface area contributed by atoms with Crippen molar-refractivity contribution in [2.24, 2.45) is 5.92 Å². The van der Waals surface area contributed by atoms with Crippen LogP contribution in [0.2, 0.25) is 0 Å². The van der Waals surface area contributed by atoms with E-state index in [4.69, 9.17) is 0 Å². The molecule has 0 heterocycles. The van der Waals surface area contributed by atoms with Crippen molar-refractivity contribution in [3.8, 4) is 0 Å². The molecular weight excluding hydrogens is 198 g/mol. The molecule has 0 bridgehead atoms. The zero-order chi connectivity index (χ0) is 11.2. The Bertz CT molecular complexity index is 183. The average Bonchev–Trinajstić information content (AvgIpc) is 2.81. The Morgan fingerprint density at radius 1 is 0.938 bits per heavy atom. The summed E-state index contributed by atoms with van der Waals surface area (Å²) in [7, 11) is 0. The first-order chi connectivity index (χ1) is 7.84. The summed E-state index contributed by atoms with van der Waals surface area (Å²) in [5.41, 5.74) is 0. The van der Waals surface area contributed by atoms with Crippen molar-refractivity contribution >= 4 is 0 Å². The van der Waals surface area contributed by atoms with E-state index in [0.29, 0.717) is 6.04 Å². The van der Waals surface area contributed by atoms with Crippen LogP contribution in [0, 0.1) is 5.92 Å². The van der Waals surface area contributed by atoms with Crippen LogP contribution in [0.15, 0.2) is 0 Å². The van der Waals surface area contributed by atoms with Crippen molar-refractivity contribution in [3.05, 3.63) is 0 Å². The average molecular weight is 225 g/mol. The van der Waals surface area contributed by atoms with Gasteiger partial charge in [-0.05, 0) is 25.2 Å². The summed E-state index contributed by atoms with van der Waals surface area (Å²) >= 11 is 0. The number of hydrogen-bond donors (Lipinski definition) is 2. The first kappa shape index (κ1) is 12.4. The SMILES string of the molecule is OC(CNC1CCCCC1)CC1CCCC1. The van der Waals surface area contributed by atoms with E-state index < -0.39 is 0 Å². The molecule has 2 fully saturated rings. The maximum atomic E-state index is 9.98. The molecule has 2 heteroatoms. The van der Waals surface area contributed by atoms with Crippen LogP contribution in [-0.2, 0) is 0 Å². The molecular formula is C14H27NO.